The third kappa shape index (κ3) is 3.27. The number of aryl methyl sites for hydroxylation is 1. The lowest BCUT2D eigenvalue weighted by molar-refractivity contribution is -0.141. The van der Waals surface area contributed by atoms with Gasteiger partial charge in [0.05, 0.1) is 0 Å². The number of benzene rings is 1. The van der Waals surface area contributed by atoms with E-state index in [-0.39, 0.29) is 0 Å². The standard InChI is InChI=1S/C23H27N5O5/c1-14-8-11-22(12-9-14)18(30)28(21(33)24-22)26-17(29)13-27-19(31)23(25-20(27)32)10-4-6-15-5-2-3-7-16(15)23/h2-3,5,7,14H,4,6,8-13H2,1H3,(H,24,33)(H,25,32)(H,26,29). The number of hydrazine groups is 1. The zero-order chi connectivity index (χ0) is 23.4. The average Bonchev–Trinajstić information content (AvgIpc) is 3.16. The van der Waals surface area contributed by atoms with E-state index in [1.165, 1.54) is 0 Å². The van der Waals surface area contributed by atoms with Crippen molar-refractivity contribution in [2.75, 3.05) is 6.54 Å². The van der Waals surface area contributed by atoms with Crippen molar-refractivity contribution in [2.45, 2.75) is 62.9 Å². The smallest absolute Gasteiger partial charge is 0.322 e. The molecule has 2 heterocycles. The van der Waals surface area contributed by atoms with Gasteiger partial charge < -0.3 is 10.6 Å². The summed E-state index contributed by atoms with van der Waals surface area (Å²) in [7, 11) is 0. The van der Waals surface area contributed by atoms with Gasteiger partial charge in [-0.05, 0) is 62.0 Å². The summed E-state index contributed by atoms with van der Waals surface area (Å²) < 4.78 is 0. The van der Waals surface area contributed by atoms with E-state index in [0.29, 0.717) is 30.2 Å². The highest BCUT2D eigenvalue weighted by Crippen LogP contribution is 2.40. The molecule has 2 aliphatic carbocycles. The van der Waals surface area contributed by atoms with Gasteiger partial charge in [-0.2, -0.15) is 5.01 Å². The number of fused-ring (bicyclic) bond motifs is 2. The van der Waals surface area contributed by atoms with Gasteiger partial charge in [0, 0.05) is 0 Å². The Labute approximate surface area is 191 Å². The molecule has 4 aliphatic rings. The van der Waals surface area contributed by atoms with Gasteiger partial charge in [-0.25, -0.2) is 9.59 Å². The van der Waals surface area contributed by atoms with Crippen LogP contribution in [-0.2, 0) is 26.3 Å². The topological polar surface area (TPSA) is 128 Å². The Morgan fingerprint density at radius 2 is 1.76 bits per heavy atom. The first-order chi connectivity index (χ1) is 15.8. The molecule has 2 saturated heterocycles. The summed E-state index contributed by atoms with van der Waals surface area (Å²) in [5.74, 6) is -1.31. The maximum absolute atomic E-state index is 13.3. The molecule has 1 saturated carbocycles. The molecular formula is C23H27N5O5. The van der Waals surface area contributed by atoms with Crippen molar-refractivity contribution in [3.8, 4) is 0 Å². The molecule has 1 aromatic carbocycles. The third-order valence-corrected chi connectivity index (χ3v) is 7.48. The van der Waals surface area contributed by atoms with Crippen LogP contribution in [0.2, 0.25) is 0 Å². The molecular weight excluding hydrogens is 426 g/mol. The van der Waals surface area contributed by atoms with E-state index in [1.54, 1.807) is 0 Å². The van der Waals surface area contributed by atoms with Crippen molar-refractivity contribution in [1.29, 1.82) is 0 Å². The zero-order valence-corrected chi connectivity index (χ0v) is 18.5. The second-order valence-electron chi connectivity index (χ2n) is 9.61. The van der Waals surface area contributed by atoms with Gasteiger partial charge in [0.15, 0.2) is 0 Å². The summed E-state index contributed by atoms with van der Waals surface area (Å²) >= 11 is 0. The predicted molar refractivity (Wildman–Crippen MR) is 115 cm³/mol. The first kappa shape index (κ1) is 21.4. The Hall–Kier alpha value is -3.43. The van der Waals surface area contributed by atoms with Crippen LogP contribution < -0.4 is 16.1 Å². The van der Waals surface area contributed by atoms with Gasteiger partial charge in [-0.3, -0.25) is 24.7 Å². The quantitative estimate of drug-likeness (QED) is 0.595. The number of nitrogens with one attached hydrogen (secondary N) is 3. The minimum atomic E-state index is -1.18. The number of carbonyl (C=O) groups excluding carboxylic acids is 5. The molecule has 3 fully saturated rings. The number of hydrogen-bond acceptors (Lipinski definition) is 5. The van der Waals surface area contributed by atoms with Gasteiger partial charge in [0.1, 0.15) is 17.6 Å². The number of hydrogen-bond donors (Lipinski definition) is 3. The van der Waals surface area contributed by atoms with E-state index >= 15 is 0 Å². The Kier molecular flexibility index (Phi) is 4.91. The van der Waals surface area contributed by atoms with Crippen molar-refractivity contribution >= 4 is 29.8 Å². The van der Waals surface area contributed by atoms with Crippen molar-refractivity contribution in [2.24, 2.45) is 5.92 Å². The van der Waals surface area contributed by atoms with E-state index in [1.807, 2.05) is 24.3 Å². The van der Waals surface area contributed by atoms with Crippen LogP contribution in [0.1, 0.15) is 56.6 Å². The van der Waals surface area contributed by atoms with Crippen LogP contribution in [0.5, 0.6) is 0 Å². The Morgan fingerprint density at radius 3 is 2.52 bits per heavy atom. The molecule has 10 nitrogen and oxygen atoms in total. The highest BCUT2D eigenvalue weighted by Gasteiger charge is 2.55. The van der Waals surface area contributed by atoms with Gasteiger partial charge in [0.2, 0.25) is 0 Å². The van der Waals surface area contributed by atoms with Gasteiger partial charge >= 0.3 is 12.1 Å². The van der Waals surface area contributed by atoms with Crippen LogP contribution >= 0.6 is 0 Å². The molecule has 1 unspecified atom stereocenters. The minimum Gasteiger partial charge on any atom is -0.322 e. The number of carbonyl (C=O) groups is 5. The van der Waals surface area contributed by atoms with Crippen molar-refractivity contribution < 1.29 is 24.0 Å². The Morgan fingerprint density at radius 1 is 1.03 bits per heavy atom. The fourth-order valence-electron chi connectivity index (χ4n) is 5.57. The third-order valence-electron chi connectivity index (χ3n) is 7.48. The van der Waals surface area contributed by atoms with Crippen LogP contribution in [0.15, 0.2) is 24.3 Å². The summed E-state index contributed by atoms with van der Waals surface area (Å²) in [6.45, 7) is 1.51. The summed E-state index contributed by atoms with van der Waals surface area (Å²) in [4.78, 5) is 65.0. The molecule has 0 aromatic heterocycles. The monoisotopic (exact) mass is 453 g/mol. The lowest BCUT2D eigenvalue weighted by Crippen LogP contribution is -2.53. The molecule has 2 spiro atoms. The van der Waals surface area contributed by atoms with Gasteiger partial charge in [-0.15, -0.1) is 0 Å². The van der Waals surface area contributed by atoms with Crippen molar-refractivity contribution in [3.63, 3.8) is 0 Å². The van der Waals surface area contributed by atoms with E-state index in [4.69, 9.17) is 0 Å². The summed E-state index contributed by atoms with van der Waals surface area (Å²) in [5, 5.41) is 6.20. The first-order valence-corrected chi connectivity index (χ1v) is 11.4. The predicted octanol–water partition coefficient (Wildman–Crippen LogP) is 1.30. The number of urea groups is 2. The molecule has 0 radical (unpaired) electrons. The second-order valence-corrected chi connectivity index (χ2v) is 9.61. The van der Waals surface area contributed by atoms with E-state index in [0.717, 1.165) is 41.7 Å². The van der Waals surface area contributed by atoms with E-state index < -0.39 is 47.4 Å². The molecule has 33 heavy (non-hydrogen) atoms. The Balaban J connectivity index is 1.29. The van der Waals surface area contributed by atoms with Crippen LogP contribution in [0.4, 0.5) is 9.59 Å². The SMILES string of the molecule is CC1CCC2(CC1)NC(=O)N(NC(=O)CN1C(=O)NC3(CCCc4ccccc43)C1=O)C2=O. The van der Waals surface area contributed by atoms with Gasteiger partial charge in [0.25, 0.3) is 17.7 Å². The maximum Gasteiger partial charge on any atom is 0.344 e. The van der Waals surface area contributed by atoms with Crippen molar-refractivity contribution in [3.05, 3.63) is 35.4 Å². The molecule has 174 valence electrons. The molecule has 1 aromatic rings. The first-order valence-electron chi connectivity index (χ1n) is 11.4. The van der Waals surface area contributed by atoms with Crippen LogP contribution in [-0.4, -0.2) is 51.8 Å². The van der Waals surface area contributed by atoms with Crippen LogP contribution in [0.25, 0.3) is 0 Å². The fourth-order valence-corrected chi connectivity index (χ4v) is 5.57. The van der Waals surface area contributed by atoms with Crippen LogP contribution in [0.3, 0.4) is 0 Å². The van der Waals surface area contributed by atoms with Crippen LogP contribution in [0, 0.1) is 5.92 Å². The second kappa shape index (κ2) is 7.57. The largest absolute Gasteiger partial charge is 0.344 e. The zero-order valence-electron chi connectivity index (χ0n) is 18.5. The normalized spacial score (nSPS) is 31.1. The lowest BCUT2D eigenvalue weighted by Gasteiger charge is -2.33. The molecule has 0 bridgehead atoms. The molecule has 2 aliphatic heterocycles. The lowest BCUT2D eigenvalue weighted by atomic mass is 9.76. The minimum absolute atomic E-state index is 0.445. The molecule has 5 rings (SSSR count). The molecule has 3 N–H and O–H groups in total. The van der Waals surface area contributed by atoms with Gasteiger partial charge in [-0.1, -0.05) is 31.2 Å². The average molecular weight is 453 g/mol. The summed E-state index contributed by atoms with van der Waals surface area (Å²) in [5.41, 5.74) is 1.87. The summed E-state index contributed by atoms with van der Waals surface area (Å²) in [6.07, 6.45) is 4.63. The van der Waals surface area contributed by atoms with E-state index in [2.05, 4.69) is 23.0 Å². The Bertz CT molecular complexity index is 1060. The highest BCUT2D eigenvalue weighted by molar-refractivity contribution is 6.11. The molecule has 1 atom stereocenters. The summed E-state index contributed by atoms with van der Waals surface area (Å²) in [6, 6.07) is 6.11. The highest BCUT2D eigenvalue weighted by atomic mass is 16.2. The molecule has 7 amide bonds. The number of imide groups is 2. The maximum atomic E-state index is 13.3. The molecule has 10 heteroatoms. The fraction of sp³-hybridized carbons (Fsp3) is 0.522. The number of amides is 7. The number of nitrogens with zero attached hydrogens (tertiary/aromatic N) is 2. The van der Waals surface area contributed by atoms with E-state index in [9.17, 15) is 24.0 Å². The van der Waals surface area contributed by atoms with Crippen molar-refractivity contribution in [1.82, 2.24) is 26.0 Å². The number of rotatable bonds is 3.